The van der Waals surface area contributed by atoms with Gasteiger partial charge in [0.1, 0.15) is 11.5 Å². The molecule has 0 bridgehead atoms. The first-order chi connectivity index (χ1) is 11.5. The van der Waals surface area contributed by atoms with Gasteiger partial charge in [0.2, 0.25) is 0 Å². The molecule has 1 saturated carbocycles. The number of benzene rings is 1. The first-order valence-corrected chi connectivity index (χ1v) is 7.51. The Morgan fingerprint density at radius 3 is 2.67 bits per heavy atom. The van der Waals surface area contributed by atoms with Crippen LogP contribution in [0.1, 0.15) is 36.3 Å². The van der Waals surface area contributed by atoms with Crippen molar-refractivity contribution in [1.82, 2.24) is 20.3 Å². The number of rotatable bonds is 4. The number of aromatic nitrogens is 4. The molecule has 1 fully saturated rings. The molecule has 5 nitrogen and oxygen atoms in total. The Labute approximate surface area is 138 Å². The van der Waals surface area contributed by atoms with Gasteiger partial charge >= 0.3 is 0 Å². The van der Waals surface area contributed by atoms with Gasteiger partial charge in [0.25, 0.3) is 12.3 Å². The third kappa shape index (κ3) is 2.37. The SMILES string of the molecule is Fc1ccc(C2(c3noc(-c4cc(C(F)F)[nH]n4)n3)CC2)c(Cl)c1. The van der Waals surface area contributed by atoms with Crippen molar-refractivity contribution in [3.8, 4) is 11.6 Å². The van der Waals surface area contributed by atoms with Crippen molar-refractivity contribution in [2.45, 2.75) is 24.7 Å². The Hall–Kier alpha value is -2.35. The van der Waals surface area contributed by atoms with E-state index in [1.807, 2.05) is 0 Å². The maximum absolute atomic E-state index is 13.2. The normalized spacial score (nSPS) is 15.9. The van der Waals surface area contributed by atoms with Crippen LogP contribution in [0.4, 0.5) is 13.2 Å². The van der Waals surface area contributed by atoms with E-state index in [2.05, 4.69) is 20.3 Å². The molecule has 9 heteroatoms. The highest BCUT2D eigenvalue weighted by Crippen LogP contribution is 2.54. The van der Waals surface area contributed by atoms with E-state index in [-0.39, 0.29) is 17.3 Å². The highest BCUT2D eigenvalue weighted by molar-refractivity contribution is 6.31. The van der Waals surface area contributed by atoms with Crippen molar-refractivity contribution < 1.29 is 17.7 Å². The second-order valence-electron chi connectivity index (χ2n) is 5.64. The summed E-state index contributed by atoms with van der Waals surface area (Å²) in [6, 6.07) is 5.32. The van der Waals surface area contributed by atoms with Crippen LogP contribution < -0.4 is 0 Å². The van der Waals surface area contributed by atoms with Gasteiger partial charge in [0, 0.05) is 5.02 Å². The number of nitrogens with one attached hydrogen (secondary N) is 1. The number of aromatic amines is 1. The lowest BCUT2D eigenvalue weighted by Crippen LogP contribution is -2.11. The number of hydrogen-bond donors (Lipinski definition) is 1. The Morgan fingerprint density at radius 1 is 1.25 bits per heavy atom. The van der Waals surface area contributed by atoms with E-state index in [9.17, 15) is 13.2 Å². The molecule has 24 heavy (non-hydrogen) atoms. The molecule has 1 N–H and O–H groups in total. The molecule has 0 radical (unpaired) electrons. The summed E-state index contributed by atoms with van der Waals surface area (Å²) < 4.78 is 43.6. The van der Waals surface area contributed by atoms with Crippen LogP contribution in [-0.4, -0.2) is 20.3 Å². The average molecular weight is 355 g/mol. The fourth-order valence-corrected chi connectivity index (χ4v) is 3.04. The standard InChI is InChI=1S/C15H10ClF3N4O/c16-9-5-7(17)1-2-8(9)15(3-4-15)14-20-13(24-23-14)11-6-10(12(18)19)21-22-11/h1-2,5-6,12H,3-4H2,(H,21,22). The highest BCUT2D eigenvalue weighted by atomic mass is 35.5. The molecule has 3 aromatic rings. The van der Waals surface area contributed by atoms with Crippen LogP contribution in [0, 0.1) is 5.82 Å². The minimum Gasteiger partial charge on any atom is -0.332 e. The van der Waals surface area contributed by atoms with E-state index >= 15 is 0 Å². The van der Waals surface area contributed by atoms with E-state index in [4.69, 9.17) is 16.1 Å². The molecule has 1 aliphatic carbocycles. The highest BCUT2D eigenvalue weighted by Gasteiger charge is 2.51. The van der Waals surface area contributed by atoms with Gasteiger partial charge in [-0.15, -0.1) is 0 Å². The fourth-order valence-electron chi connectivity index (χ4n) is 2.70. The monoisotopic (exact) mass is 354 g/mol. The van der Waals surface area contributed by atoms with Crippen molar-refractivity contribution in [2.75, 3.05) is 0 Å². The first kappa shape index (κ1) is 15.2. The van der Waals surface area contributed by atoms with E-state index < -0.39 is 17.7 Å². The van der Waals surface area contributed by atoms with Crippen molar-refractivity contribution in [3.63, 3.8) is 0 Å². The summed E-state index contributed by atoms with van der Waals surface area (Å²) in [5.41, 5.74) is -0.000264. The van der Waals surface area contributed by atoms with Gasteiger partial charge in [-0.1, -0.05) is 22.8 Å². The Balaban J connectivity index is 1.69. The van der Waals surface area contributed by atoms with Gasteiger partial charge in [0.15, 0.2) is 11.5 Å². The van der Waals surface area contributed by atoms with Gasteiger partial charge in [-0.2, -0.15) is 10.1 Å². The fraction of sp³-hybridized carbons (Fsp3) is 0.267. The van der Waals surface area contributed by atoms with Gasteiger partial charge in [-0.25, -0.2) is 13.2 Å². The summed E-state index contributed by atoms with van der Waals surface area (Å²) in [7, 11) is 0. The quantitative estimate of drug-likeness (QED) is 0.759. The van der Waals surface area contributed by atoms with Gasteiger partial charge < -0.3 is 4.52 Å². The molecule has 0 amide bonds. The Kier molecular flexibility index (Phi) is 3.38. The lowest BCUT2D eigenvalue weighted by atomic mass is 9.95. The molecule has 0 unspecified atom stereocenters. The van der Waals surface area contributed by atoms with Crippen LogP contribution in [0.3, 0.4) is 0 Å². The molecule has 1 aliphatic rings. The maximum atomic E-state index is 13.2. The second-order valence-corrected chi connectivity index (χ2v) is 6.05. The molecule has 2 aromatic heterocycles. The second kappa shape index (κ2) is 5.34. The summed E-state index contributed by atoms with van der Waals surface area (Å²) in [6.07, 6.45) is -1.19. The first-order valence-electron chi connectivity index (χ1n) is 7.13. The van der Waals surface area contributed by atoms with E-state index in [1.165, 1.54) is 12.1 Å². The molecular weight excluding hydrogens is 345 g/mol. The van der Waals surface area contributed by atoms with Gasteiger partial charge in [0.05, 0.1) is 5.41 Å². The molecule has 1 aromatic carbocycles. The lowest BCUT2D eigenvalue weighted by molar-refractivity contribution is 0.146. The summed E-state index contributed by atoms with van der Waals surface area (Å²) in [5, 5.41) is 10.2. The largest absolute Gasteiger partial charge is 0.332 e. The lowest BCUT2D eigenvalue weighted by Gasteiger charge is -2.12. The smallest absolute Gasteiger partial charge is 0.279 e. The molecule has 0 spiro atoms. The summed E-state index contributed by atoms with van der Waals surface area (Å²) in [4.78, 5) is 4.27. The molecule has 0 saturated heterocycles. The number of alkyl halides is 2. The third-order valence-corrected chi connectivity index (χ3v) is 4.42. The van der Waals surface area contributed by atoms with Gasteiger partial charge in [-0.05, 0) is 36.6 Å². The van der Waals surface area contributed by atoms with Crippen molar-refractivity contribution in [3.05, 3.63) is 52.2 Å². The van der Waals surface area contributed by atoms with Crippen molar-refractivity contribution in [1.29, 1.82) is 0 Å². The third-order valence-electron chi connectivity index (χ3n) is 4.10. The predicted molar refractivity (Wildman–Crippen MR) is 78.3 cm³/mol. The Morgan fingerprint density at radius 2 is 2.04 bits per heavy atom. The molecule has 124 valence electrons. The molecule has 4 rings (SSSR count). The number of halogens is 4. The Bertz CT molecular complexity index is 904. The maximum Gasteiger partial charge on any atom is 0.279 e. The van der Waals surface area contributed by atoms with Crippen LogP contribution in [0.5, 0.6) is 0 Å². The number of nitrogens with zero attached hydrogens (tertiary/aromatic N) is 3. The van der Waals surface area contributed by atoms with Crippen molar-refractivity contribution >= 4 is 11.6 Å². The summed E-state index contributed by atoms with van der Waals surface area (Å²) >= 11 is 6.14. The van der Waals surface area contributed by atoms with Crippen LogP contribution in [0.25, 0.3) is 11.6 Å². The van der Waals surface area contributed by atoms with E-state index in [0.29, 0.717) is 16.4 Å². The van der Waals surface area contributed by atoms with E-state index in [0.717, 1.165) is 18.9 Å². The van der Waals surface area contributed by atoms with Crippen molar-refractivity contribution in [2.24, 2.45) is 0 Å². The molecular formula is C15H10ClF3N4O. The van der Waals surface area contributed by atoms with Crippen LogP contribution in [0.2, 0.25) is 5.02 Å². The number of hydrogen-bond acceptors (Lipinski definition) is 4. The van der Waals surface area contributed by atoms with E-state index in [1.54, 1.807) is 6.07 Å². The summed E-state index contributed by atoms with van der Waals surface area (Å²) in [6.45, 7) is 0. The van der Waals surface area contributed by atoms with Crippen LogP contribution in [-0.2, 0) is 5.41 Å². The number of H-pyrrole nitrogens is 1. The average Bonchev–Trinajstić information content (AvgIpc) is 3.00. The topological polar surface area (TPSA) is 67.6 Å². The van der Waals surface area contributed by atoms with Gasteiger partial charge in [-0.3, -0.25) is 5.10 Å². The minimum absolute atomic E-state index is 0.0395. The predicted octanol–water partition coefficient (Wildman–Crippen LogP) is 4.27. The summed E-state index contributed by atoms with van der Waals surface area (Å²) in [5.74, 6) is -0.00494. The molecule has 0 aliphatic heterocycles. The zero-order chi connectivity index (χ0) is 16.9. The minimum atomic E-state index is -2.67. The molecule has 0 atom stereocenters. The van der Waals surface area contributed by atoms with Crippen LogP contribution >= 0.6 is 11.6 Å². The zero-order valence-corrected chi connectivity index (χ0v) is 12.8. The zero-order valence-electron chi connectivity index (χ0n) is 12.1. The van der Waals surface area contributed by atoms with Crippen LogP contribution in [0.15, 0.2) is 28.8 Å². The molecule has 2 heterocycles.